The van der Waals surface area contributed by atoms with Crippen LogP contribution in [0.3, 0.4) is 0 Å². The quantitative estimate of drug-likeness (QED) is 0.816. The monoisotopic (exact) mass is 295 g/mol. The highest BCUT2D eigenvalue weighted by Gasteiger charge is 2.34. The van der Waals surface area contributed by atoms with Crippen LogP contribution < -0.4 is 5.32 Å². The van der Waals surface area contributed by atoms with Gasteiger partial charge in [-0.25, -0.2) is 0 Å². The third-order valence-electron chi connectivity index (χ3n) is 3.39. The molecule has 2 aromatic rings. The summed E-state index contributed by atoms with van der Waals surface area (Å²) in [5, 5.41) is 22.2. The zero-order chi connectivity index (χ0) is 14.6. The Bertz CT molecular complexity index is 561. The fraction of sp³-hybridized carbons (Fsp3) is 0.462. The van der Waals surface area contributed by atoms with E-state index in [-0.39, 0.29) is 6.54 Å². The highest BCUT2D eigenvalue weighted by Crippen LogP contribution is 2.23. The fourth-order valence-corrected chi connectivity index (χ4v) is 2.59. The number of aromatic nitrogens is 2. The third kappa shape index (κ3) is 2.88. The van der Waals surface area contributed by atoms with Crippen LogP contribution in [0.5, 0.6) is 0 Å². The maximum atomic E-state index is 11.4. The summed E-state index contributed by atoms with van der Waals surface area (Å²) >= 11 is 1.52. The molecule has 0 aromatic carbocycles. The summed E-state index contributed by atoms with van der Waals surface area (Å²) in [7, 11) is 0. The van der Waals surface area contributed by atoms with E-state index >= 15 is 0 Å². The van der Waals surface area contributed by atoms with Crippen molar-refractivity contribution in [2.24, 2.45) is 0 Å². The molecule has 2 aromatic heterocycles. The van der Waals surface area contributed by atoms with Crippen LogP contribution in [0, 0.1) is 0 Å². The molecule has 0 saturated carbocycles. The van der Waals surface area contributed by atoms with E-state index in [2.05, 4.69) is 15.5 Å². The molecule has 0 aliphatic carbocycles. The lowest BCUT2D eigenvalue weighted by Gasteiger charge is -2.27. The Morgan fingerprint density at radius 2 is 2.20 bits per heavy atom. The number of aliphatic carboxylic acids is 1. The van der Waals surface area contributed by atoms with Crippen LogP contribution in [0.4, 0.5) is 0 Å². The lowest BCUT2D eigenvalue weighted by molar-refractivity contribution is -0.145. The molecule has 0 spiro atoms. The van der Waals surface area contributed by atoms with E-state index in [0.717, 1.165) is 4.88 Å². The smallest absolute Gasteiger partial charge is 0.323 e. The predicted octanol–water partition coefficient (Wildman–Crippen LogP) is 2.53. The van der Waals surface area contributed by atoms with E-state index in [1.165, 1.54) is 11.3 Å². The van der Waals surface area contributed by atoms with Gasteiger partial charge in [-0.15, -0.1) is 21.5 Å². The van der Waals surface area contributed by atoms with Crippen molar-refractivity contribution in [3.8, 4) is 10.8 Å². The summed E-state index contributed by atoms with van der Waals surface area (Å²) < 4.78 is 5.52. The van der Waals surface area contributed by atoms with Gasteiger partial charge in [0.15, 0.2) is 0 Å². The van der Waals surface area contributed by atoms with Gasteiger partial charge in [0.1, 0.15) is 5.54 Å². The van der Waals surface area contributed by atoms with Gasteiger partial charge in [-0.2, -0.15) is 0 Å². The van der Waals surface area contributed by atoms with E-state index in [1.54, 1.807) is 0 Å². The molecule has 0 aliphatic heterocycles. The SMILES string of the molecule is CCC(CC)(NCc1nnc(-c2cccs2)o1)C(=O)O. The fourth-order valence-electron chi connectivity index (χ4n) is 1.95. The maximum absolute atomic E-state index is 11.4. The molecule has 2 N–H and O–H groups in total. The summed E-state index contributed by atoms with van der Waals surface area (Å²) in [6.45, 7) is 3.93. The van der Waals surface area contributed by atoms with E-state index < -0.39 is 11.5 Å². The van der Waals surface area contributed by atoms with Crippen LogP contribution in [0.1, 0.15) is 32.6 Å². The van der Waals surface area contributed by atoms with Crippen molar-refractivity contribution in [2.75, 3.05) is 0 Å². The molecule has 7 heteroatoms. The zero-order valence-corrected chi connectivity index (χ0v) is 12.2. The van der Waals surface area contributed by atoms with Gasteiger partial charge in [-0.1, -0.05) is 19.9 Å². The minimum atomic E-state index is -0.947. The summed E-state index contributed by atoms with van der Waals surface area (Å²) in [5.41, 5.74) is -0.947. The summed E-state index contributed by atoms with van der Waals surface area (Å²) in [6, 6.07) is 3.81. The molecule has 0 amide bonds. The van der Waals surface area contributed by atoms with Crippen molar-refractivity contribution < 1.29 is 14.3 Å². The first kappa shape index (κ1) is 14.7. The number of carbonyl (C=O) groups is 1. The molecule has 2 rings (SSSR count). The number of hydrogen-bond donors (Lipinski definition) is 2. The molecule has 0 bridgehead atoms. The van der Waals surface area contributed by atoms with Gasteiger partial charge in [-0.3, -0.25) is 10.1 Å². The lowest BCUT2D eigenvalue weighted by atomic mass is 9.93. The highest BCUT2D eigenvalue weighted by atomic mass is 32.1. The molecular weight excluding hydrogens is 278 g/mol. The number of hydrogen-bond acceptors (Lipinski definition) is 6. The number of nitrogens with zero attached hydrogens (tertiary/aromatic N) is 2. The van der Waals surface area contributed by atoms with Crippen molar-refractivity contribution >= 4 is 17.3 Å². The number of thiophene rings is 1. The van der Waals surface area contributed by atoms with Crippen molar-refractivity contribution in [1.29, 1.82) is 0 Å². The van der Waals surface area contributed by atoms with Crippen LogP contribution >= 0.6 is 11.3 Å². The Hall–Kier alpha value is -1.73. The van der Waals surface area contributed by atoms with E-state index in [9.17, 15) is 9.90 Å². The first-order valence-corrected chi connectivity index (χ1v) is 7.34. The Balaban J connectivity index is 2.06. The second-order valence-corrected chi connectivity index (χ2v) is 5.37. The highest BCUT2D eigenvalue weighted by molar-refractivity contribution is 7.13. The van der Waals surface area contributed by atoms with E-state index in [1.807, 2.05) is 31.4 Å². The maximum Gasteiger partial charge on any atom is 0.323 e. The molecule has 0 fully saturated rings. The van der Waals surface area contributed by atoms with E-state index in [4.69, 9.17) is 4.42 Å². The number of nitrogens with one attached hydrogen (secondary N) is 1. The van der Waals surface area contributed by atoms with Gasteiger partial charge < -0.3 is 9.52 Å². The minimum absolute atomic E-state index is 0.242. The topological polar surface area (TPSA) is 88.3 Å². The molecule has 0 aliphatic rings. The molecule has 0 atom stereocenters. The molecule has 108 valence electrons. The second kappa shape index (κ2) is 6.15. The number of carboxylic acid groups (broad SMARTS) is 1. The summed E-state index contributed by atoms with van der Waals surface area (Å²) in [6.07, 6.45) is 0.982. The minimum Gasteiger partial charge on any atom is -0.480 e. The van der Waals surface area contributed by atoms with Crippen molar-refractivity contribution in [1.82, 2.24) is 15.5 Å². The number of rotatable bonds is 7. The lowest BCUT2D eigenvalue weighted by Crippen LogP contribution is -2.50. The largest absolute Gasteiger partial charge is 0.480 e. The molecule has 0 unspecified atom stereocenters. The van der Waals surface area contributed by atoms with Crippen LogP contribution in [0.15, 0.2) is 21.9 Å². The van der Waals surface area contributed by atoms with Crippen LogP contribution in [-0.4, -0.2) is 26.8 Å². The Morgan fingerprint density at radius 1 is 1.45 bits per heavy atom. The zero-order valence-electron chi connectivity index (χ0n) is 11.4. The van der Waals surface area contributed by atoms with Gasteiger partial charge in [0.2, 0.25) is 5.89 Å². The van der Waals surface area contributed by atoms with Gasteiger partial charge >= 0.3 is 5.97 Å². The predicted molar refractivity (Wildman–Crippen MR) is 75.4 cm³/mol. The van der Waals surface area contributed by atoms with Gasteiger partial charge in [0.25, 0.3) is 5.89 Å². The van der Waals surface area contributed by atoms with Gasteiger partial charge in [0, 0.05) is 0 Å². The number of carboxylic acids is 1. The van der Waals surface area contributed by atoms with Crippen molar-refractivity contribution in [3.63, 3.8) is 0 Å². The average Bonchev–Trinajstić information content (AvgIpc) is 3.11. The third-order valence-corrected chi connectivity index (χ3v) is 4.25. The first-order valence-electron chi connectivity index (χ1n) is 6.46. The average molecular weight is 295 g/mol. The van der Waals surface area contributed by atoms with Crippen molar-refractivity contribution in [2.45, 2.75) is 38.8 Å². The first-order chi connectivity index (χ1) is 9.61. The van der Waals surface area contributed by atoms with Crippen molar-refractivity contribution in [3.05, 3.63) is 23.4 Å². The normalized spacial score (nSPS) is 11.7. The van der Waals surface area contributed by atoms with Gasteiger partial charge in [0.05, 0.1) is 11.4 Å². The Labute approximate surface area is 120 Å². The van der Waals surface area contributed by atoms with Crippen LogP contribution in [-0.2, 0) is 11.3 Å². The Kier molecular flexibility index (Phi) is 4.51. The molecule has 0 saturated heterocycles. The Morgan fingerprint density at radius 3 is 2.75 bits per heavy atom. The van der Waals surface area contributed by atoms with E-state index in [0.29, 0.717) is 24.6 Å². The standard InChI is InChI=1S/C13H17N3O3S/c1-3-13(4-2,12(17)18)14-8-10-15-16-11(19-10)9-6-5-7-20-9/h5-7,14H,3-4,8H2,1-2H3,(H,17,18). The second-order valence-electron chi connectivity index (χ2n) is 4.43. The van der Waals surface area contributed by atoms with Crippen LogP contribution in [0.2, 0.25) is 0 Å². The van der Waals surface area contributed by atoms with Gasteiger partial charge in [-0.05, 0) is 24.3 Å². The summed E-state index contributed by atoms with van der Waals surface area (Å²) in [4.78, 5) is 12.3. The molecule has 20 heavy (non-hydrogen) atoms. The molecule has 0 radical (unpaired) electrons. The molecular formula is C13H17N3O3S. The molecule has 6 nitrogen and oxygen atoms in total. The van der Waals surface area contributed by atoms with Crippen LogP contribution in [0.25, 0.3) is 10.8 Å². The molecule has 2 heterocycles. The summed E-state index contributed by atoms with van der Waals surface area (Å²) in [5.74, 6) is -0.00728.